The fraction of sp³-hybridized carbons (Fsp3) is 0.524. The molecule has 31 heavy (non-hydrogen) atoms. The first-order valence-corrected chi connectivity index (χ1v) is 14.8. The number of carbonyl (C=O) groups is 1. The van der Waals surface area contributed by atoms with Gasteiger partial charge in [0.25, 0.3) is 0 Å². The van der Waals surface area contributed by atoms with Gasteiger partial charge in [0.05, 0.1) is 0 Å². The van der Waals surface area contributed by atoms with Gasteiger partial charge in [-0.05, 0) is 52.9 Å². The summed E-state index contributed by atoms with van der Waals surface area (Å²) in [6, 6.07) is 4.70. The lowest BCUT2D eigenvalue weighted by atomic mass is 9.90. The van der Waals surface area contributed by atoms with Crippen molar-refractivity contribution in [2.75, 3.05) is 18.1 Å². The molecule has 1 atom stereocenters. The smallest absolute Gasteiger partial charge is 0.231 e. The molecule has 0 radical (unpaired) electrons. The zero-order valence-corrected chi connectivity index (χ0v) is 20.5. The zero-order valence-electron chi connectivity index (χ0n) is 17.9. The maximum Gasteiger partial charge on any atom is 0.231 e. The SMILES string of the molecule is C[Si-](C)(C)CCOCn1nc(Br)cc1N1CCCC(Cc2cc(F)c(F)c(F)c2)C1=O. The Morgan fingerprint density at radius 2 is 1.87 bits per heavy atom. The van der Waals surface area contributed by atoms with E-state index in [0.717, 1.165) is 24.6 Å². The summed E-state index contributed by atoms with van der Waals surface area (Å²) in [6.07, 6.45) is 1.48. The number of anilines is 1. The highest BCUT2D eigenvalue weighted by Crippen LogP contribution is 2.29. The largest absolute Gasteiger partial charge is 0.362 e. The lowest BCUT2D eigenvalue weighted by Crippen LogP contribution is -2.43. The maximum absolute atomic E-state index is 13.6. The Labute approximate surface area is 189 Å². The highest BCUT2D eigenvalue weighted by Gasteiger charge is 2.32. The molecule has 1 aromatic heterocycles. The normalized spacial score (nSPS) is 17.5. The number of hydrogen-bond donors (Lipinski definition) is 0. The summed E-state index contributed by atoms with van der Waals surface area (Å²) < 4.78 is 48.4. The minimum atomic E-state index is -1.50. The lowest BCUT2D eigenvalue weighted by Gasteiger charge is -2.32. The molecule has 1 aliphatic heterocycles. The second kappa shape index (κ2) is 9.87. The summed E-state index contributed by atoms with van der Waals surface area (Å²) >= 11 is 3.36. The van der Waals surface area contributed by atoms with Crippen molar-refractivity contribution in [2.45, 2.75) is 51.7 Å². The number of piperidine rings is 1. The molecule has 2 aromatic rings. The van der Waals surface area contributed by atoms with Crippen molar-refractivity contribution in [3.63, 3.8) is 0 Å². The molecule has 5 nitrogen and oxygen atoms in total. The van der Waals surface area contributed by atoms with Crippen LogP contribution in [0.3, 0.4) is 0 Å². The van der Waals surface area contributed by atoms with E-state index in [1.807, 2.05) is 0 Å². The van der Waals surface area contributed by atoms with Crippen LogP contribution in [0.1, 0.15) is 18.4 Å². The monoisotopic (exact) mass is 517 g/mol. The third-order valence-corrected chi connectivity index (χ3v) is 7.38. The van der Waals surface area contributed by atoms with E-state index in [-0.39, 0.29) is 24.6 Å². The van der Waals surface area contributed by atoms with Crippen LogP contribution in [0.5, 0.6) is 0 Å². The molecule has 1 saturated heterocycles. The molecule has 10 heteroatoms. The van der Waals surface area contributed by atoms with Crippen LogP contribution in [-0.4, -0.2) is 36.9 Å². The number of carbonyl (C=O) groups excluding carboxylic acids is 1. The van der Waals surface area contributed by atoms with Gasteiger partial charge in [-0.25, -0.2) is 17.9 Å². The first-order chi connectivity index (χ1) is 14.5. The van der Waals surface area contributed by atoms with Gasteiger partial charge in [-0.15, -0.1) is 14.1 Å². The first-order valence-electron chi connectivity index (χ1n) is 10.3. The van der Waals surface area contributed by atoms with Gasteiger partial charge in [0, 0.05) is 25.1 Å². The van der Waals surface area contributed by atoms with Crippen LogP contribution in [0, 0.1) is 23.4 Å². The van der Waals surface area contributed by atoms with Crippen molar-refractivity contribution in [3.8, 4) is 0 Å². The number of amides is 1. The van der Waals surface area contributed by atoms with E-state index in [1.165, 1.54) is 0 Å². The third-order valence-electron chi connectivity index (χ3n) is 5.29. The summed E-state index contributed by atoms with van der Waals surface area (Å²) in [5, 5.41) is 4.38. The van der Waals surface area contributed by atoms with Crippen LogP contribution in [-0.2, 0) is 22.7 Å². The minimum absolute atomic E-state index is 0.144. The highest BCUT2D eigenvalue weighted by atomic mass is 79.9. The topological polar surface area (TPSA) is 47.4 Å². The van der Waals surface area contributed by atoms with Crippen LogP contribution >= 0.6 is 15.9 Å². The molecule has 3 rings (SSSR count). The number of ether oxygens (including phenoxy) is 1. The number of nitrogens with zero attached hydrogens (tertiary/aromatic N) is 3. The summed E-state index contributed by atoms with van der Waals surface area (Å²) in [5.41, 5.74) is 0.265. The van der Waals surface area contributed by atoms with Gasteiger partial charge in [-0.1, -0.05) is 0 Å². The maximum atomic E-state index is 13.6. The predicted molar refractivity (Wildman–Crippen MR) is 119 cm³/mol. The Kier molecular flexibility index (Phi) is 7.64. The Balaban J connectivity index is 1.71. The van der Waals surface area contributed by atoms with Gasteiger partial charge >= 0.3 is 0 Å². The second-order valence-electron chi connectivity index (χ2n) is 9.08. The van der Waals surface area contributed by atoms with Crippen molar-refractivity contribution < 1.29 is 22.7 Å². The Morgan fingerprint density at radius 3 is 2.52 bits per heavy atom. The summed E-state index contributed by atoms with van der Waals surface area (Å²) in [4.78, 5) is 14.8. The number of rotatable bonds is 8. The molecule has 1 amide bonds. The second-order valence-corrected chi connectivity index (χ2v) is 15.5. The molecule has 1 aliphatic rings. The van der Waals surface area contributed by atoms with Gasteiger partial charge in [0.15, 0.2) is 17.5 Å². The van der Waals surface area contributed by atoms with Crippen LogP contribution in [0.25, 0.3) is 0 Å². The van der Waals surface area contributed by atoms with Crippen molar-refractivity contribution >= 4 is 35.7 Å². The van der Waals surface area contributed by atoms with Crippen molar-refractivity contribution in [1.82, 2.24) is 9.78 Å². The third kappa shape index (κ3) is 6.20. The Bertz CT molecular complexity index is 925. The highest BCUT2D eigenvalue weighted by molar-refractivity contribution is 9.10. The number of halogens is 4. The standard InChI is InChI=1S/C21H27BrF3N3O2Si/c1-31(2,3)8-7-30-13-28-19(12-18(22)26-28)27-6-4-5-15(21(27)29)9-14-10-16(23)20(25)17(24)11-14/h10-12,15H,4-9,13H2,1-3H3/q-1. The Hall–Kier alpha value is -1.65. The van der Waals surface area contributed by atoms with E-state index < -0.39 is 31.4 Å². The fourth-order valence-electron chi connectivity index (χ4n) is 3.60. The van der Waals surface area contributed by atoms with Gasteiger partial charge in [-0.3, -0.25) is 9.69 Å². The van der Waals surface area contributed by atoms with Gasteiger partial charge in [0.2, 0.25) is 5.91 Å². The average molecular weight is 518 g/mol. The van der Waals surface area contributed by atoms with Crippen LogP contribution < -0.4 is 4.90 Å². The zero-order chi connectivity index (χ0) is 22.8. The molecule has 1 aromatic carbocycles. The van der Waals surface area contributed by atoms with Gasteiger partial charge < -0.3 is 4.74 Å². The number of hydrogen-bond acceptors (Lipinski definition) is 3. The van der Waals surface area contributed by atoms with E-state index >= 15 is 0 Å². The van der Waals surface area contributed by atoms with Crippen LogP contribution in [0.15, 0.2) is 22.8 Å². The minimum Gasteiger partial charge on any atom is -0.362 e. The lowest BCUT2D eigenvalue weighted by molar-refractivity contribution is -0.123. The van der Waals surface area contributed by atoms with E-state index in [1.54, 1.807) is 15.6 Å². The van der Waals surface area contributed by atoms with E-state index in [0.29, 0.717) is 30.0 Å². The van der Waals surface area contributed by atoms with Crippen LogP contribution in [0.4, 0.5) is 19.0 Å². The molecule has 1 fully saturated rings. The van der Waals surface area contributed by atoms with Crippen molar-refractivity contribution in [2.24, 2.45) is 5.92 Å². The quantitative estimate of drug-likeness (QED) is 0.269. The van der Waals surface area contributed by atoms with Gasteiger partial charge in [-0.2, -0.15) is 24.7 Å². The summed E-state index contributed by atoms with van der Waals surface area (Å²) in [6.45, 7) is 8.21. The number of benzene rings is 1. The molecule has 0 saturated carbocycles. The fourth-order valence-corrected chi connectivity index (χ4v) is 4.75. The molecule has 0 spiro atoms. The van der Waals surface area contributed by atoms with E-state index in [2.05, 4.69) is 40.7 Å². The predicted octanol–water partition coefficient (Wildman–Crippen LogP) is 5.36. The molecular weight excluding hydrogens is 491 g/mol. The average Bonchev–Trinajstić information content (AvgIpc) is 3.04. The van der Waals surface area contributed by atoms with E-state index in [9.17, 15) is 18.0 Å². The van der Waals surface area contributed by atoms with E-state index in [4.69, 9.17) is 4.74 Å². The molecule has 171 valence electrons. The molecular formula is C21H27BrF3N3O2Si-. The molecule has 1 unspecified atom stereocenters. The van der Waals surface area contributed by atoms with Crippen molar-refractivity contribution in [1.29, 1.82) is 0 Å². The van der Waals surface area contributed by atoms with Crippen LogP contribution in [0.2, 0.25) is 25.7 Å². The molecule has 0 N–H and O–H groups in total. The Morgan fingerprint density at radius 1 is 1.19 bits per heavy atom. The summed E-state index contributed by atoms with van der Waals surface area (Å²) in [7, 11) is -1.21. The molecule has 0 aliphatic carbocycles. The van der Waals surface area contributed by atoms with Gasteiger partial charge in [0.1, 0.15) is 17.2 Å². The number of aromatic nitrogens is 2. The molecule has 0 bridgehead atoms. The van der Waals surface area contributed by atoms with Crippen molar-refractivity contribution in [3.05, 3.63) is 45.8 Å². The first kappa shape index (κ1) is 24.0. The molecule has 2 heterocycles. The summed E-state index contributed by atoms with van der Waals surface area (Å²) in [5.74, 6) is -3.96.